The third-order valence-corrected chi connectivity index (χ3v) is 7.26. The zero-order valence-electron chi connectivity index (χ0n) is 20.4. The number of nitrogens with one attached hydrogen (secondary N) is 1. The van der Waals surface area contributed by atoms with Gasteiger partial charge in [-0.05, 0) is 53.6 Å². The molecule has 1 aliphatic rings. The predicted molar refractivity (Wildman–Crippen MR) is 152 cm³/mol. The maximum absolute atomic E-state index is 5.61. The summed E-state index contributed by atoms with van der Waals surface area (Å²) < 4.78 is 5.61. The molecule has 1 atom stereocenters. The zero-order valence-corrected chi connectivity index (χ0v) is 20.4. The Labute approximate surface area is 215 Å². The number of aromatic nitrogens is 2. The van der Waals surface area contributed by atoms with Crippen molar-refractivity contribution in [3.05, 3.63) is 138 Å². The Hall–Kier alpha value is -4.83. The molecule has 178 valence electrons. The molecule has 0 saturated carbocycles. The van der Waals surface area contributed by atoms with E-state index in [0.29, 0.717) is 0 Å². The number of hydrogen-bond acceptors (Lipinski definition) is 3. The number of aromatic amines is 1. The summed E-state index contributed by atoms with van der Waals surface area (Å²) in [5.74, 6) is 0.839. The highest BCUT2D eigenvalue weighted by atomic mass is 16.5. The molecule has 0 radical (unpaired) electrons. The fourth-order valence-electron chi connectivity index (χ4n) is 5.53. The van der Waals surface area contributed by atoms with Crippen molar-refractivity contribution >= 4 is 39.3 Å². The van der Waals surface area contributed by atoms with Gasteiger partial charge in [0.05, 0.1) is 18.7 Å². The largest absolute Gasteiger partial charge is 0.497 e. The van der Waals surface area contributed by atoms with Crippen LogP contribution in [0.25, 0.3) is 33.6 Å². The van der Waals surface area contributed by atoms with Gasteiger partial charge in [0.25, 0.3) is 0 Å². The maximum Gasteiger partial charge on any atom is 0.119 e. The van der Waals surface area contributed by atoms with E-state index in [2.05, 4.69) is 119 Å². The Morgan fingerprint density at radius 3 is 2.35 bits per heavy atom. The molecule has 1 unspecified atom stereocenters. The van der Waals surface area contributed by atoms with Gasteiger partial charge in [0.15, 0.2) is 0 Å². The molecule has 0 amide bonds. The van der Waals surface area contributed by atoms with E-state index in [9.17, 15) is 0 Å². The van der Waals surface area contributed by atoms with Crippen LogP contribution < -0.4 is 9.64 Å². The van der Waals surface area contributed by atoms with Gasteiger partial charge >= 0.3 is 0 Å². The number of ether oxygens (including phenoxy) is 1. The number of pyridine rings is 1. The molecular weight excluding hydrogens is 454 g/mol. The van der Waals surface area contributed by atoms with E-state index < -0.39 is 0 Å². The number of para-hydroxylation sites is 2. The van der Waals surface area contributed by atoms with Crippen LogP contribution in [0.1, 0.15) is 28.3 Å². The minimum Gasteiger partial charge on any atom is -0.497 e. The van der Waals surface area contributed by atoms with Crippen LogP contribution in [0, 0.1) is 0 Å². The van der Waals surface area contributed by atoms with Crippen LogP contribution in [0.4, 0.5) is 5.69 Å². The van der Waals surface area contributed by atoms with Gasteiger partial charge in [-0.3, -0.25) is 4.98 Å². The first-order valence-electron chi connectivity index (χ1n) is 12.5. The minimum absolute atomic E-state index is 0.101. The Bertz CT molecular complexity index is 1770. The summed E-state index contributed by atoms with van der Waals surface area (Å²) in [4.78, 5) is 10.9. The molecule has 0 spiro atoms. The molecule has 2 aromatic heterocycles. The van der Waals surface area contributed by atoms with Gasteiger partial charge in [0.2, 0.25) is 0 Å². The molecular formula is C33H25N3O. The second-order valence-electron chi connectivity index (χ2n) is 9.30. The molecule has 0 bridgehead atoms. The van der Waals surface area contributed by atoms with Crippen molar-refractivity contribution in [3.63, 3.8) is 0 Å². The molecule has 7 rings (SSSR count). The Morgan fingerprint density at radius 2 is 1.54 bits per heavy atom. The number of hydrogen-bond donors (Lipinski definition) is 1. The number of fused-ring (bicyclic) bond motifs is 4. The molecule has 1 N–H and O–H groups in total. The molecule has 0 fully saturated rings. The number of benzene rings is 4. The van der Waals surface area contributed by atoms with E-state index in [1.165, 1.54) is 22.3 Å². The summed E-state index contributed by atoms with van der Waals surface area (Å²) >= 11 is 0. The van der Waals surface area contributed by atoms with E-state index in [-0.39, 0.29) is 6.04 Å². The summed E-state index contributed by atoms with van der Waals surface area (Å²) in [6.45, 7) is 0. The van der Waals surface area contributed by atoms with Crippen molar-refractivity contribution in [1.82, 2.24) is 9.97 Å². The SMILES string of the molecule is COc1ccc2[nH]cc(C3c4cnc5ccccc5c4C=C(c4ccccc4)N3c3ccccc3)c2c1. The molecule has 4 heteroatoms. The monoisotopic (exact) mass is 479 g/mol. The lowest BCUT2D eigenvalue weighted by atomic mass is 9.86. The molecule has 37 heavy (non-hydrogen) atoms. The zero-order chi connectivity index (χ0) is 24.8. The average Bonchev–Trinajstić information content (AvgIpc) is 3.39. The molecule has 0 aliphatic carbocycles. The summed E-state index contributed by atoms with van der Waals surface area (Å²) in [5, 5.41) is 2.29. The van der Waals surface area contributed by atoms with E-state index >= 15 is 0 Å². The third-order valence-electron chi connectivity index (χ3n) is 7.26. The van der Waals surface area contributed by atoms with Gasteiger partial charge in [0.1, 0.15) is 5.75 Å². The first-order chi connectivity index (χ1) is 18.3. The smallest absolute Gasteiger partial charge is 0.119 e. The fraction of sp³-hybridized carbons (Fsp3) is 0.0606. The lowest BCUT2D eigenvalue weighted by Crippen LogP contribution is -2.31. The van der Waals surface area contributed by atoms with Crippen LogP contribution in [-0.2, 0) is 0 Å². The Balaban J connectivity index is 1.59. The quantitative estimate of drug-likeness (QED) is 0.280. The van der Waals surface area contributed by atoms with Crippen molar-refractivity contribution in [2.75, 3.05) is 12.0 Å². The van der Waals surface area contributed by atoms with Gasteiger partial charge in [-0.1, -0.05) is 66.7 Å². The number of H-pyrrole nitrogens is 1. The lowest BCUT2D eigenvalue weighted by molar-refractivity contribution is 0.415. The topological polar surface area (TPSA) is 41.1 Å². The first kappa shape index (κ1) is 21.5. The summed E-state index contributed by atoms with van der Waals surface area (Å²) in [7, 11) is 1.71. The predicted octanol–water partition coefficient (Wildman–Crippen LogP) is 7.83. The maximum atomic E-state index is 5.61. The van der Waals surface area contributed by atoms with E-state index in [0.717, 1.165) is 38.9 Å². The first-order valence-corrected chi connectivity index (χ1v) is 12.5. The van der Waals surface area contributed by atoms with E-state index in [1.54, 1.807) is 7.11 Å². The standard InChI is InChI=1S/C33H25N3O/c1-37-24-16-17-31-27(18-24)29(21-35-31)33-28-20-34-30-15-9-8-14-25(30)26(28)19-32(22-10-4-2-5-11-22)36(33)23-12-6-3-7-13-23/h2-21,33,35H,1H3. The number of methoxy groups -OCH3 is 1. The molecule has 0 saturated heterocycles. The highest BCUT2D eigenvalue weighted by molar-refractivity contribution is 6.02. The van der Waals surface area contributed by atoms with Crippen LogP contribution in [0.2, 0.25) is 0 Å². The van der Waals surface area contributed by atoms with Gasteiger partial charge in [-0.15, -0.1) is 0 Å². The second-order valence-corrected chi connectivity index (χ2v) is 9.30. The summed E-state index contributed by atoms with van der Waals surface area (Å²) in [6, 6.07) is 35.8. The lowest BCUT2D eigenvalue weighted by Gasteiger charge is -2.40. The molecule has 4 nitrogen and oxygen atoms in total. The number of anilines is 1. The van der Waals surface area contributed by atoms with Crippen LogP contribution in [0.5, 0.6) is 5.75 Å². The summed E-state index contributed by atoms with van der Waals surface area (Å²) in [6.07, 6.45) is 6.51. The van der Waals surface area contributed by atoms with E-state index in [4.69, 9.17) is 9.72 Å². The Kier molecular flexibility index (Phi) is 5.03. The molecule has 1 aliphatic heterocycles. The average molecular weight is 480 g/mol. The van der Waals surface area contributed by atoms with Gasteiger partial charge in [-0.2, -0.15) is 0 Å². The highest BCUT2D eigenvalue weighted by Crippen LogP contribution is 2.47. The number of nitrogens with zero attached hydrogens (tertiary/aromatic N) is 2. The van der Waals surface area contributed by atoms with Gasteiger partial charge < -0.3 is 14.6 Å². The summed E-state index contributed by atoms with van der Waals surface area (Å²) in [5.41, 5.74) is 9.08. The van der Waals surface area contributed by atoms with E-state index in [1.807, 2.05) is 12.1 Å². The normalized spacial score (nSPS) is 15.0. The highest BCUT2D eigenvalue weighted by Gasteiger charge is 2.34. The Morgan fingerprint density at radius 1 is 0.784 bits per heavy atom. The van der Waals surface area contributed by atoms with Crippen molar-refractivity contribution in [2.45, 2.75) is 6.04 Å². The van der Waals surface area contributed by atoms with Crippen LogP contribution in [-0.4, -0.2) is 17.1 Å². The van der Waals surface area contributed by atoms with Crippen molar-refractivity contribution in [2.24, 2.45) is 0 Å². The van der Waals surface area contributed by atoms with Crippen molar-refractivity contribution < 1.29 is 4.74 Å². The van der Waals surface area contributed by atoms with Crippen LogP contribution in [0.15, 0.2) is 116 Å². The number of rotatable bonds is 4. The van der Waals surface area contributed by atoms with Crippen LogP contribution in [0.3, 0.4) is 0 Å². The molecule has 6 aromatic rings. The van der Waals surface area contributed by atoms with Crippen molar-refractivity contribution in [3.8, 4) is 5.75 Å². The van der Waals surface area contributed by atoms with Gasteiger partial charge in [-0.25, -0.2) is 0 Å². The second kappa shape index (κ2) is 8.68. The van der Waals surface area contributed by atoms with Crippen LogP contribution >= 0.6 is 0 Å². The van der Waals surface area contributed by atoms with Crippen molar-refractivity contribution in [1.29, 1.82) is 0 Å². The van der Waals surface area contributed by atoms with Gasteiger partial charge in [0, 0.05) is 51.2 Å². The fourth-order valence-corrected chi connectivity index (χ4v) is 5.53. The molecule has 4 aromatic carbocycles. The minimum atomic E-state index is -0.101. The molecule has 3 heterocycles. The third kappa shape index (κ3) is 3.49.